The topological polar surface area (TPSA) is 55.4 Å². The Morgan fingerprint density at radius 1 is 1.05 bits per heavy atom. The van der Waals surface area contributed by atoms with Gasteiger partial charge < -0.3 is 4.74 Å². The van der Waals surface area contributed by atoms with E-state index in [-0.39, 0.29) is 10.9 Å². The smallest absolute Gasteiger partial charge is 0.241 e. The van der Waals surface area contributed by atoms with Crippen molar-refractivity contribution in [2.75, 3.05) is 7.11 Å². The first-order valence-electron chi connectivity index (χ1n) is 6.78. The van der Waals surface area contributed by atoms with Gasteiger partial charge in [0.15, 0.2) is 0 Å². The average molecular weight is 305 g/mol. The molecule has 0 bridgehead atoms. The van der Waals surface area contributed by atoms with Gasteiger partial charge in [-0.3, -0.25) is 0 Å². The molecule has 0 aliphatic rings. The molecule has 0 aliphatic heterocycles. The summed E-state index contributed by atoms with van der Waals surface area (Å²) in [5, 5.41) is 0. The Labute approximate surface area is 125 Å². The van der Waals surface area contributed by atoms with Crippen LogP contribution in [-0.2, 0) is 10.0 Å². The zero-order chi connectivity index (χ0) is 15.3. The predicted molar refractivity (Wildman–Crippen MR) is 82.8 cm³/mol. The summed E-state index contributed by atoms with van der Waals surface area (Å²) < 4.78 is 32.6. The molecule has 0 fully saturated rings. The molecule has 2 rings (SSSR count). The first-order valence-corrected chi connectivity index (χ1v) is 8.26. The third kappa shape index (κ3) is 3.83. The molecule has 0 aromatic heterocycles. The van der Waals surface area contributed by atoms with Gasteiger partial charge in [0.25, 0.3) is 0 Å². The van der Waals surface area contributed by atoms with Gasteiger partial charge in [-0.25, -0.2) is 13.1 Å². The van der Waals surface area contributed by atoms with Crippen LogP contribution in [0.15, 0.2) is 59.5 Å². The average Bonchev–Trinajstić information content (AvgIpc) is 2.53. The number of benzene rings is 2. The summed E-state index contributed by atoms with van der Waals surface area (Å²) in [5.41, 5.74) is 0.956. The van der Waals surface area contributed by atoms with Crippen LogP contribution < -0.4 is 9.46 Å². The Kier molecular flexibility index (Phi) is 4.98. The Hall–Kier alpha value is -1.85. The lowest BCUT2D eigenvalue weighted by atomic mass is 10.1. The molecular formula is C16H19NO3S. The summed E-state index contributed by atoms with van der Waals surface area (Å²) in [5.74, 6) is 0.629. The van der Waals surface area contributed by atoms with E-state index in [1.54, 1.807) is 31.4 Å². The van der Waals surface area contributed by atoms with E-state index in [0.29, 0.717) is 12.2 Å². The lowest BCUT2D eigenvalue weighted by molar-refractivity contribution is 0.414. The first kappa shape index (κ1) is 15.5. The fraction of sp³-hybridized carbons (Fsp3) is 0.250. The van der Waals surface area contributed by atoms with E-state index in [4.69, 9.17) is 4.74 Å². The Morgan fingerprint density at radius 3 is 2.19 bits per heavy atom. The van der Waals surface area contributed by atoms with Crippen molar-refractivity contribution in [3.63, 3.8) is 0 Å². The van der Waals surface area contributed by atoms with Crippen molar-refractivity contribution in [3.05, 3.63) is 60.2 Å². The molecule has 1 atom stereocenters. The van der Waals surface area contributed by atoms with Gasteiger partial charge >= 0.3 is 0 Å². The van der Waals surface area contributed by atoms with Crippen molar-refractivity contribution in [1.82, 2.24) is 4.72 Å². The largest absolute Gasteiger partial charge is 0.497 e. The molecule has 0 unspecified atom stereocenters. The van der Waals surface area contributed by atoms with Crippen molar-refractivity contribution >= 4 is 10.0 Å². The van der Waals surface area contributed by atoms with Crippen LogP contribution in [0.25, 0.3) is 0 Å². The van der Waals surface area contributed by atoms with Gasteiger partial charge in [-0.2, -0.15) is 0 Å². The molecular weight excluding hydrogens is 286 g/mol. The molecule has 0 spiro atoms. The molecule has 1 N–H and O–H groups in total. The van der Waals surface area contributed by atoms with Crippen molar-refractivity contribution in [2.45, 2.75) is 24.3 Å². The zero-order valence-electron chi connectivity index (χ0n) is 12.1. The van der Waals surface area contributed by atoms with Crippen LogP contribution in [0.2, 0.25) is 0 Å². The summed E-state index contributed by atoms with van der Waals surface area (Å²) in [7, 11) is -2.00. The highest BCUT2D eigenvalue weighted by atomic mass is 32.2. The van der Waals surface area contributed by atoms with E-state index in [1.807, 2.05) is 37.3 Å². The molecule has 5 heteroatoms. The van der Waals surface area contributed by atoms with Crippen LogP contribution in [0.1, 0.15) is 24.9 Å². The highest BCUT2D eigenvalue weighted by molar-refractivity contribution is 7.89. The number of hydrogen-bond acceptors (Lipinski definition) is 3. The quantitative estimate of drug-likeness (QED) is 0.892. The molecule has 2 aromatic carbocycles. The standard InChI is InChI=1S/C16H19NO3S/c1-3-16(13-7-5-4-6-8-13)17-21(18,19)15-11-9-14(20-2)10-12-15/h4-12,16-17H,3H2,1-2H3/t16-/m1/s1. The monoisotopic (exact) mass is 305 g/mol. The van der Waals surface area contributed by atoms with Gasteiger partial charge in [0.2, 0.25) is 10.0 Å². The van der Waals surface area contributed by atoms with Crippen LogP contribution in [-0.4, -0.2) is 15.5 Å². The highest BCUT2D eigenvalue weighted by Crippen LogP contribution is 2.21. The number of hydrogen-bond donors (Lipinski definition) is 1. The summed E-state index contributed by atoms with van der Waals surface area (Å²) in [6.45, 7) is 1.95. The maximum absolute atomic E-state index is 12.4. The van der Waals surface area contributed by atoms with Crippen LogP contribution in [0.4, 0.5) is 0 Å². The minimum atomic E-state index is -3.55. The van der Waals surface area contributed by atoms with Crippen molar-refractivity contribution in [3.8, 4) is 5.75 Å². The number of rotatable bonds is 6. The molecule has 0 saturated heterocycles. The summed E-state index contributed by atoms with van der Waals surface area (Å²) in [6, 6.07) is 15.7. The van der Waals surface area contributed by atoms with Gasteiger partial charge in [-0.05, 0) is 36.2 Å². The maximum atomic E-state index is 12.4. The van der Waals surface area contributed by atoms with E-state index in [1.165, 1.54) is 0 Å². The van der Waals surface area contributed by atoms with Gasteiger partial charge in [0, 0.05) is 6.04 Å². The Balaban J connectivity index is 2.22. The van der Waals surface area contributed by atoms with Crippen molar-refractivity contribution in [1.29, 1.82) is 0 Å². The lowest BCUT2D eigenvalue weighted by Crippen LogP contribution is -2.28. The minimum absolute atomic E-state index is 0.234. The number of methoxy groups -OCH3 is 1. The fourth-order valence-corrected chi connectivity index (χ4v) is 3.39. The predicted octanol–water partition coefficient (Wildman–Crippen LogP) is 3.12. The molecule has 21 heavy (non-hydrogen) atoms. The van der Waals surface area contributed by atoms with E-state index in [9.17, 15) is 8.42 Å². The number of ether oxygens (including phenoxy) is 1. The van der Waals surface area contributed by atoms with Gasteiger partial charge in [-0.15, -0.1) is 0 Å². The minimum Gasteiger partial charge on any atom is -0.497 e. The van der Waals surface area contributed by atoms with Gasteiger partial charge in [-0.1, -0.05) is 37.3 Å². The third-order valence-electron chi connectivity index (χ3n) is 3.28. The Bertz CT molecular complexity index is 666. The molecule has 0 radical (unpaired) electrons. The van der Waals surface area contributed by atoms with Crippen molar-refractivity contribution in [2.24, 2.45) is 0 Å². The Morgan fingerprint density at radius 2 is 1.67 bits per heavy atom. The van der Waals surface area contributed by atoms with Gasteiger partial charge in [0.1, 0.15) is 5.75 Å². The molecule has 2 aromatic rings. The first-order chi connectivity index (χ1) is 10.1. The summed E-state index contributed by atoms with van der Waals surface area (Å²) in [4.78, 5) is 0.234. The number of sulfonamides is 1. The summed E-state index contributed by atoms with van der Waals surface area (Å²) in [6.07, 6.45) is 0.680. The lowest BCUT2D eigenvalue weighted by Gasteiger charge is -2.17. The SMILES string of the molecule is CC[C@@H](NS(=O)(=O)c1ccc(OC)cc1)c1ccccc1. The maximum Gasteiger partial charge on any atom is 0.241 e. The van der Waals surface area contributed by atoms with E-state index >= 15 is 0 Å². The summed E-state index contributed by atoms with van der Waals surface area (Å²) >= 11 is 0. The second-order valence-corrected chi connectivity index (χ2v) is 6.38. The van der Waals surface area contributed by atoms with Crippen molar-refractivity contribution < 1.29 is 13.2 Å². The highest BCUT2D eigenvalue weighted by Gasteiger charge is 2.20. The second kappa shape index (κ2) is 6.74. The van der Waals surface area contributed by atoms with E-state index < -0.39 is 10.0 Å². The normalized spacial score (nSPS) is 12.9. The molecule has 0 aliphatic carbocycles. The number of nitrogens with one attached hydrogen (secondary N) is 1. The van der Waals surface area contributed by atoms with Crippen LogP contribution in [0.3, 0.4) is 0 Å². The van der Waals surface area contributed by atoms with E-state index in [2.05, 4.69) is 4.72 Å². The zero-order valence-corrected chi connectivity index (χ0v) is 12.9. The van der Waals surface area contributed by atoms with Crippen LogP contribution in [0.5, 0.6) is 5.75 Å². The third-order valence-corrected chi connectivity index (χ3v) is 4.76. The molecule has 112 valence electrons. The molecule has 0 heterocycles. The fourth-order valence-electron chi connectivity index (χ4n) is 2.08. The van der Waals surface area contributed by atoms with Crippen LogP contribution in [0, 0.1) is 0 Å². The molecule has 4 nitrogen and oxygen atoms in total. The molecule has 0 saturated carbocycles. The van der Waals surface area contributed by atoms with Gasteiger partial charge in [0.05, 0.1) is 12.0 Å². The van der Waals surface area contributed by atoms with Crippen LogP contribution >= 0.6 is 0 Å². The second-order valence-electron chi connectivity index (χ2n) is 4.67. The van der Waals surface area contributed by atoms with E-state index in [0.717, 1.165) is 5.56 Å². The molecule has 0 amide bonds.